The standard InChI is InChI=1S/C31H25NO6/c1-17(33)27-26(20-9-6-10-21(16-20)37-3)31(29(35)22-11-4-5-12-23(22)30(31)36)25-15-14-19-8-7-13-24(38-18(2)34)28(19)32(25)27/h4-16,25-27H,1-3H3. The van der Waals surface area contributed by atoms with Gasteiger partial charge in [-0.25, -0.2) is 0 Å². The van der Waals surface area contributed by atoms with Crippen LogP contribution >= 0.6 is 0 Å². The van der Waals surface area contributed by atoms with E-state index in [2.05, 4.69) is 0 Å². The molecular formula is C31H25NO6. The molecule has 3 atom stereocenters. The van der Waals surface area contributed by atoms with Crippen molar-refractivity contribution in [2.75, 3.05) is 12.0 Å². The van der Waals surface area contributed by atoms with Crippen molar-refractivity contribution in [3.63, 3.8) is 0 Å². The predicted octanol–water partition coefficient (Wildman–Crippen LogP) is 4.64. The van der Waals surface area contributed by atoms with E-state index >= 15 is 0 Å². The Balaban J connectivity index is 1.68. The van der Waals surface area contributed by atoms with E-state index in [4.69, 9.17) is 9.47 Å². The van der Waals surface area contributed by atoms with Crippen molar-refractivity contribution in [2.24, 2.45) is 5.41 Å². The number of carbonyl (C=O) groups excluding carboxylic acids is 4. The lowest BCUT2D eigenvalue weighted by molar-refractivity contribution is -0.131. The van der Waals surface area contributed by atoms with E-state index in [0.717, 1.165) is 5.56 Å². The van der Waals surface area contributed by atoms with Gasteiger partial charge in [0, 0.05) is 29.5 Å². The summed E-state index contributed by atoms with van der Waals surface area (Å²) in [5, 5.41) is 0. The van der Waals surface area contributed by atoms with E-state index in [9.17, 15) is 19.2 Å². The Labute approximate surface area is 219 Å². The van der Waals surface area contributed by atoms with Crippen LogP contribution in [0, 0.1) is 5.41 Å². The molecule has 2 aliphatic heterocycles. The molecule has 2 heterocycles. The highest BCUT2D eigenvalue weighted by Gasteiger charge is 2.71. The van der Waals surface area contributed by atoms with Crippen LogP contribution in [0.1, 0.15) is 51.6 Å². The van der Waals surface area contributed by atoms with Crippen molar-refractivity contribution in [3.05, 3.63) is 95.1 Å². The Morgan fingerprint density at radius 3 is 2.21 bits per heavy atom. The number of methoxy groups -OCH3 is 1. The summed E-state index contributed by atoms with van der Waals surface area (Å²) in [6.07, 6.45) is 3.66. The van der Waals surface area contributed by atoms with Gasteiger partial charge in [-0.15, -0.1) is 0 Å². The molecule has 0 radical (unpaired) electrons. The van der Waals surface area contributed by atoms with Gasteiger partial charge in [-0.3, -0.25) is 19.2 Å². The monoisotopic (exact) mass is 507 g/mol. The number of hydrogen-bond acceptors (Lipinski definition) is 7. The highest BCUT2D eigenvalue weighted by Crippen LogP contribution is 2.61. The molecule has 0 bridgehead atoms. The summed E-state index contributed by atoms with van der Waals surface area (Å²) in [6.45, 7) is 2.78. The summed E-state index contributed by atoms with van der Waals surface area (Å²) in [5.41, 5.74) is 0.974. The van der Waals surface area contributed by atoms with Crippen LogP contribution in [0.25, 0.3) is 6.08 Å². The average Bonchev–Trinajstić information content (AvgIpc) is 3.35. The van der Waals surface area contributed by atoms with Gasteiger partial charge in [0.1, 0.15) is 11.2 Å². The van der Waals surface area contributed by atoms with Crippen molar-refractivity contribution in [1.82, 2.24) is 0 Å². The maximum atomic E-state index is 14.5. The number of benzene rings is 3. The number of carbonyl (C=O) groups is 4. The highest BCUT2D eigenvalue weighted by atomic mass is 16.5. The number of anilines is 1. The molecule has 190 valence electrons. The molecule has 7 nitrogen and oxygen atoms in total. The minimum Gasteiger partial charge on any atom is -0.497 e. The Morgan fingerprint density at radius 2 is 1.58 bits per heavy atom. The number of nitrogens with zero attached hydrogens (tertiary/aromatic N) is 1. The SMILES string of the molecule is COc1cccc(C2C(C(C)=O)N3c4c(cccc4OC(C)=O)C=CC3C23C(=O)c2ccccc2C3=O)c1. The Kier molecular flexibility index (Phi) is 5.35. The van der Waals surface area contributed by atoms with E-state index in [1.807, 2.05) is 29.2 Å². The average molecular weight is 508 g/mol. The molecule has 1 aliphatic carbocycles. The van der Waals surface area contributed by atoms with Crippen LogP contribution in [0.2, 0.25) is 0 Å². The molecule has 0 N–H and O–H groups in total. The van der Waals surface area contributed by atoms with E-state index < -0.39 is 29.4 Å². The number of para-hydroxylation sites is 1. The first-order chi connectivity index (χ1) is 18.3. The number of ketones is 3. The Bertz CT molecular complexity index is 1540. The maximum absolute atomic E-state index is 14.5. The van der Waals surface area contributed by atoms with Crippen molar-refractivity contribution >= 4 is 35.1 Å². The van der Waals surface area contributed by atoms with Gasteiger partial charge in [-0.1, -0.05) is 60.7 Å². The molecule has 3 aromatic carbocycles. The third-order valence-corrected chi connectivity index (χ3v) is 7.91. The molecule has 0 saturated carbocycles. The molecule has 38 heavy (non-hydrogen) atoms. The smallest absolute Gasteiger partial charge is 0.308 e. The van der Waals surface area contributed by atoms with Gasteiger partial charge in [0.15, 0.2) is 23.1 Å². The van der Waals surface area contributed by atoms with Gasteiger partial charge >= 0.3 is 5.97 Å². The van der Waals surface area contributed by atoms with E-state index in [0.29, 0.717) is 28.1 Å². The molecule has 1 saturated heterocycles. The fourth-order valence-corrected chi connectivity index (χ4v) is 6.58. The zero-order valence-corrected chi connectivity index (χ0v) is 21.1. The van der Waals surface area contributed by atoms with Crippen LogP contribution < -0.4 is 14.4 Å². The third-order valence-electron chi connectivity index (χ3n) is 7.91. The number of rotatable bonds is 4. The van der Waals surface area contributed by atoms with Crippen molar-refractivity contribution < 1.29 is 28.7 Å². The summed E-state index contributed by atoms with van der Waals surface area (Å²) in [7, 11) is 1.54. The molecule has 0 amide bonds. The lowest BCUT2D eigenvalue weighted by Gasteiger charge is -2.37. The van der Waals surface area contributed by atoms with E-state index in [-0.39, 0.29) is 23.1 Å². The Hall–Kier alpha value is -4.52. The molecule has 1 spiro atoms. The quantitative estimate of drug-likeness (QED) is 0.289. The van der Waals surface area contributed by atoms with Gasteiger partial charge in [0.25, 0.3) is 0 Å². The van der Waals surface area contributed by atoms with Crippen molar-refractivity contribution in [3.8, 4) is 11.5 Å². The molecule has 1 fully saturated rings. The molecule has 3 unspecified atom stereocenters. The second-order valence-electron chi connectivity index (χ2n) is 9.88. The van der Waals surface area contributed by atoms with Gasteiger partial charge in [0.05, 0.1) is 24.9 Å². The van der Waals surface area contributed by atoms with Crippen LogP contribution in [0.3, 0.4) is 0 Å². The van der Waals surface area contributed by atoms with Crippen LogP contribution in [-0.2, 0) is 9.59 Å². The topological polar surface area (TPSA) is 90.0 Å². The third kappa shape index (κ3) is 3.08. The second-order valence-corrected chi connectivity index (χ2v) is 9.88. The fraction of sp³-hybridized carbons (Fsp3) is 0.226. The first-order valence-corrected chi connectivity index (χ1v) is 12.4. The fourth-order valence-electron chi connectivity index (χ4n) is 6.58. The summed E-state index contributed by atoms with van der Waals surface area (Å²) in [6, 6.07) is 17.6. The van der Waals surface area contributed by atoms with Crippen LogP contribution in [0.5, 0.6) is 11.5 Å². The van der Waals surface area contributed by atoms with Crippen LogP contribution in [0.4, 0.5) is 5.69 Å². The summed E-state index contributed by atoms with van der Waals surface area (Å²) in [5.74, 6) is -1.36. The summed E-state index contributed by atoms with van der Waals surface area (Å²) >= 11 is 0. The molecule has 0 aromatic heterocycles. The van der Waals surface area contributed by atoms with Crippen LogP contribution in [0.15, 0.2) is 72.8 Å². The maximum Gasteiger partial charge on any atom is 0.308 e. The lowest BCUT2D eigenvalue weighted by Crippen LogP contribution is -2.48. The normalized spacial score (nSPS) is 22.2. The molecular weight excluding hydrogens is 482 g/mol. The van der Waals surface area contributed by atoms with Crippen molar-refractivity contribution in [1.29, 1.82) is 0 Å². The van der Waals surface area contributed by atoms with Gasteiger partial charge < -0.3 is 14.4 Å². The largest absolute Gasteiger partial charge is 0.497 e. The minimum absolute atomic E-state index is 0.213. The number of esters is 1. The second kappa shape index (κ2) is 8.52. The zero-order valence-electron chi connectivity index (χ0n) is 21.1. The van der Waals surface area contributed by atoms with Gasteiger partial charge in [-0.2, -0.15) is 0 Å². The van der Waals surface area contributed by atoms with E-state index in [1.165, 1.54) is 13.8 Å². The van der Waals surface area contributed by atoms with Crippen LogP contribution in [-0.4, -0.2) is 42.5 Å². The summed E-state index contributed by atoms with van der Waals surface area (Å²) in [4.78, 5) is 56.3. The first kappa shape index (κ1) is 23.9. The number of hydrogen-bond donors (Lipinski definition) is 0. The lowest BCUT2D eigenvalue weighted by atomic mass is 9.64. The summed E-state index contributed by atoms with van der Waals surface area (Å²) < 4.78 is 11.1. The molecule has 7 heteroatoms. The number of ether oxygens (including phenoxy) is 2. The first-order valence-electron chi connectivity index (χ1n) is 12.4. The molecule has 3 aromatic rings. The highest BCUT2D eigenvalue weighted by molar-refractivity contribution is 6.32. The van der Waals surface area contributed by atoms with E-state index in [1.54, 1.807) is 61.7 Å². The predicted molar refractivity (Wildman–Crippen MR) is 141 cm³/mol. The Morgan fingerprint density at radius 1 is 0.895 bits per heavy atom. The molecule has 6 rings (SSSR count). The van der Waals surface area contributed by atoms with Gasteiger partial charge in [-0.05, 0) is 30.7 Å². The number of Topliss-reactive ketones (excluding diaryl/α,β-unsaturated/α-hetero) is 3. The van der Waals surface area contributed by atoms with Gasteiger partial charge in [0.2, 0.25) is 0 Å². The van der Waals surface area contributed by atoms with Crippen molar-refractivity contribution in [2.45, 2.75) is 31.8 Å². The molecule has 3 aliphatic rings. The number of fused-ring (bicyclic) bond motifs is 5. The minimum atomic E-state index is -1.61. The zero-order chi connectivity index (χ0) is 26.8.